The van der Waals surface area contributed by atoms with Crippen molar-refractivity contribution in [1.82, 2.24) is 4.90 Å². The lowest BCUT2D eigenvalue weighted by Gasteiger charge is -2.25. The largest absolute Gasteiger partial charge is 0.290 e. The lowest BCUT2D eigenvalue weighted by Crippen LogP contribution is -2.30. The highest BCUT2D eigenvalue weighted by Crippen LogP contribution is 2.14. The number of hydrogen-bond acceptors (Lipinski definition) is 2. The van der Waals surface area contributed by atoms with Crippen molar-refractivity contribution in [3.63, 3.8) is 0 Å². The van der Waals surface area contributed by atoms with Crippen molar-refractivity contribution in [3.8, 4) is 6.07 Å². The fourth-order valence-corrected chi connectivity index (χ4v) is 1.39. The summed E-state index contributed by atoms with van der Waals surface area (Å²) >= 11 is 0. The average molecular weight is 150 g/mol. The molecule has 0 aromatic rings. The van der Waals surface area contributed by atoms with Crippen LogP contribution in [0.5, 0.6) is 0 Å². The number of piperidine rings is 1. The van der Waals surface area contributed by atoms with Gasteiger partial charge in [0.25, 0.3) is 0 Å². The second-order valence-corrected chi connectivity index (χ2v) is 2.88. The van der Waals surface area contributed by atoms with Crippen LogP contribution in [-0.4, -0.2) is 24.5 Å². The number of rotatable bonds is 1. The second kappa shape index (κ2) is 4.15. The van der Waals surface area contributed by atoms with E-state index in [1.54, 1.807) is 5.57 Å². The molecule has 0 N–H and O–H groups in total. The van der Waals surface area contributed by atoms with Crippen LogP contribution in [0.3, 0.4) is 0 Å². The fourth-order valence-electron chi connectivity index (χ4n) is 1.39. The molecule has 0 aromatic heterocycles. The minimum Gasteiger partial charge on any atom is -0.290 e. The number of hydrogen-bond donors (Lipinski definition) is 0. The molecule has 1 fully saturated rings. The summed E-state index contributed by atoms with van der Waals surface area (Å²) in [4.78, 5) is 2.20. The third kappa shape index (κ3) is 2.36. The molecule has 0 aromatic carbocycles. The van der Waals surface area contributed by atoms with Crippen molar-refractivity contribution < 1.29 is 0 Å². The SMILES string of the molecule is CC=C1CCN(CC#N)CC1. The van der Waals surface area contributed by atoms with Crippen LogP contribution < -0.4 is 0 Å². The first-order chi connectivity index (χ1) is 5.36. The van der Waals surface area contributed by atoms with Gasteiger partial charge in [0.1, 0.15) is 0 Å². The molecule has 0 unspecified atom stereocenters. The molecule has 2 nitrogen and oxygen atoms in total. The lowest BCUT2D eigenvalue weighted by molar-refractivity contribution is 0.286. The zero-order chi connectivity index (χ0) is 8.10. The second-order valence-electron chi connectivity index (χ2n) is 2.88. The predicted molar refractivity (Wildman–Crippen MR) is 45.0 cm³/mol. The molecule has 11 heavy (non-hydrogen) atoms. The summed E-state index contributed by atoms with van der Waals surface area (Å²) in [7, 11) is 0. The predicted octanol–water partition coefficient (Wildman–Crippen LogP) is 1.55. The third-order valence-electron chi connectivity index (χ3n) is 2.20. The van der Waals surface area contributed by atoms with Gasteiger partial charge in [0.15, 0.2) is 0 Å². The van der Waals surface area contributed by atoms with Gasteiger partial charge in [0.2, 0.25) is 0 Å². The van der Waals surface area contributed by atoms with Gasteiger partial charge in [-0.3, -0.25) is 4.90 Å². The first-order valence-electron chi connectivity index (χ1n) is 4.10. The van der Waals surface area contributed by atoms with Crippen LogP contribution in [-0.2, 0) is 0 Å². The van der Waals surface area contributed by atoms with Crippen LogP contribution in [0, 0.1) is 11.3 Å². The standard InChI is InChI=1S/C9H14N2/c1-2-9-3-6-11(7-4-9)8-5-10/h2H,3-4,6-8H2,1H3. The van der Waals surface area contributed by atoms with Crippen LogP contribution in [0.1, 0.15) is 19.8 Å². The minimum atomic E-state index is 0.594. The van der Waals surface area contributed by atoms with E-state index in [2.05, 4.69) is 24.0 Å². The van der Waals surface area contributed by atoms with Gasteiger partial charge in [-0.05, 0) is 19.8 Å². The van der Waals surface area contributed by atoms with E-state index in [1.807, 2.05) is 0 Å². The summed E-state index contributed by atoms with van der Waals surface area (Å²) in [6, 6.07) is 2.18. The molecule has 0 amide bonds. The summed E-state index contributed by atoms with van der Waals surface area (Å²) in [6.45, 7) is 4.81. The Labute approximate surface area is 68.1 Å². The monoisotopic (exact) mass is 150 g/mol. The van der Waals surface area contributed by atoms with Gasteiger partial charge in [0, 0.05) is 13.1 Å². The number of nitriles is 1. The van der Waals surface area contributed by atoms with Crippen LogP contribution >= 0.6 is 0 Å². The molecule has 1 aliphatic rings. The van der Waals surface area contributed by atoms with E-state index in [-0.39, 0.29) is 0 Å². The van der Waals surface area contributed by atoms with Crippen LogP contribution in [0.2, 0.25) is 0 Å². The third-order valence-corrected chi connectivity index (χ3v) is 2.20. The number of likely N-dealkylation sites (tertiary alicyclic amines) is 1. The quantitative estimate of drug-likeness (QED) is 0.419. The molecule has 0 bridgehead atoms. The summed E-state index contributed by atoms with van der Waals surface area (Å²) in [6.07, 6.45) is 4.50. The molecule has 1 rings (SSSR count). The zero-order valence-corrected chi connectivity index (χ0v) is 7.01. The summed E-state index contributed by atoms with van der Waals surface area (Å²) in [5.74, 6) is 0. The van der Waals surface area contributed by atoms with Gasteiger partial charge in [-0.1, -0.05) is 11.6 Å². The zero-order valence-electron chi connectivity index (χ0n) is 7.01. The first kappa shape index (κ1) is 8.29. The van der Waals surface area contributed by atoms with Crippen molar-refractivity contribution in [1.29, 1.82) is 5.26 Å². The molecule has 0 atom stereocenters. The van der Waals surface area contributed by atoms with Crippen LogP contribution in [0.25, 0.3) is 0 Å². The molecule has 1 heterocycles. The highest BCUT2D eigenvalue weighted by Gasteiger charge is 2.11. The van der Waals surface area contributed by atoms with E-state index < -0.39 is 0 Å². The fraction of sp³-hybridized carbons (Fsp3) is 0.667. The van der Waals surface area contributed by atoms with E-state index >= 15 is 0 Å². The van der Waals surface area contributed by atoms with E-state index in [0.717, 1.165) is 25.9 Å². The Balaban J connectivity index is 2.31. The summed E-state index contributed by atoms with van der Waals surface area (Å²) in [5, 5.41) is 8.44. The van der Waals surface area contributed by atoms with Crippen molar-refractivity contribution in [2.24, 2.45) is 0 Å². The molecule has 0 saturated carbocycles. The topological polar surface area (TPSA) is 27.0 Å². The Morgan fingerprint density at radius 1 is 1.55 bits per heavy atom. The molecule has 0 radical (unpaired) electrons. The van der Waals surface area contributed by atoms with E-state index in [1.165, 1.54) is 0 Å². The lowest BCUT2D eigenvalue weighted by atomic mass is 10.0. The Bertz CT molecular complexity index is 178. The van der Waals surface area contributed by atoms with Crippen molar-refractivity contribution >= 4 is 0 Å². The molecule has 0 aliphatic carbocycles. The van der Waals surface area contributed by atoms with E-state index in [4.69, 9.17) is 5.26 Å². The maximum absolute atomic E-state index is 8.44. The van der Waals surface area contributed by atoms with Crippen LogP contribution in [0.4, 0.5) is 0 Å². The molecule has 1 aliphatic heterocycles. The van der Waals surface area contributed by atoms with Crippen molar-refractivity contribution in [3.05, 3.63) is 11.6 Å². The van der Waals surface area contributed by atoms with Gasteiger partial charge in [-0.25, -0.2) is 0 Å². The first-order valence-corrected chi connectivity index (χ1v) is 4.10. The van der Waals surface area contributed by atoms with Crippen molar-refractivity contribution in [2.45, 2.75) is 19.8 Å². The number of allylic oxidation sites excluding steroid dienone is 1. The Hall–Kier alpha value is -0.810. The summed E-state index contributed by atoms with van der Waals surface area (Å²) < 4.78 is 0. The summed E-state index contributed by atoms with van der Waals surface area (Å²) in [5.41, 5.74) is 1.54. The van der Waals surface area contributed by atoms with E-state index in [0.29, 0.717) is 6.54 Å². The highest BCUT2D eigenvalue weighted by atomic mass is 15.1. The minimum absolute atomic E-state index is 0.594. The highest BCUT2D eigenvalue weighted by molar-refractivity contribution is 5.04. The van der Waals surface area contributed by atoms with E-state index in [9.17, 15) is 0 Å². The molecule has 60 valence electrons. The molecular formula is C9H14N2. The molecule has 0 spiro atoms. The van der Waals surface area contributed by atoms with Crippen LogP contribution in [0.15, 0.2) is 11.6 Å². The Morgan fingerprint density at radius 2 is 2.18 bits per heavy atom. The Morgan fingerprint density at radius 3 is 2.64 bits per heavy atom. The maximum atomic E-state index is 8.44. The van der Waals surface area contributed by atoms with Gasteiger partial charge >= 0.3 is 0 Å². The molecular weight excluding hydrogens is 136 g/mol. The molecule has 2 heteroatoms. The Kier molecular flexibility index (Phi) is 3.13. The normalized spacial score (nSPS) is 19.5. The average Bonchev–Trinajstić information content (AvgIpc) is 2.07. The van der Waals surface area contributed by atoms with Gasteiger partial charge < -0.3 is 0 Å². The van der Waals surface area contributed by atoms with Gasteiger partial charge in [-0.15, -0.1) is 0 Å². The molecule has 1 saturated heterocycles. The van der Waals surface area contributed by atoms with Gasteiger partial charge in [0.05, 0.1) is 12.6 Å². The smallest absolute Gasteiger partial charge is 0.0866 e. The van der Waals surface area contributed by atoms with Crippen molar-refractivity contribution in [2.75, 3.05) is 19.6 Å². The maximum Gasteiger partial charge on any atom is 0.0866 e. The number of nitrogens with zero attached hydrogens (tertiary/aromatic N) is 2. The van der Waals surface area contributed by atoms with Gasteiger partial charge in [-0.2, -0.15) is 5.26 Å².